The van der Waals surface area contributed by atoms with Crippen molar-refractivity contribution in [3.8, 4) is 11.5 Å². The molecule has 6 nitrogen and oxygen atoms in total. The molecule has 1 saturated heterocycles. The van der Waals surface area contributed by atoms with Crippen LogP contribution in [0.2, 0.25) is 0 Å². The fourth-order valence-corrected chi connectivity index (χ4v) is 5.11. The lowest BCUT2D eigenvalue weighted by molar-refractivity contribution is 0.106. The molecule has 1 fully saturated rings. The molecule has 3 atom stereocenters. The maximum atomic E-state index is 13.4. The summed E-state index contributed by atoms with van der Waals surface area (Å²) in [7, 11) is 3.22. The maximum absolute atomic E-state index is 13.4. The van der Waals surface area contributed by atoms with Gasteiger partial charge in [0.05, 0.1) is 30.8 Å². The third kappa shape index (κ3) is 4.02. The second kappa shape index (κ2) is 9.44. The van der Waals surface area contributed by atoms with Gasteiger partial charge in [-0.15, -0.1) is 0 Å². The van der Waals surface area contributed by atoms with Gasteiger partial charge in [0, 0.05) is 11.1 Å². The zero-order chi connectivity index (χ0) is 23.7. The second-order valence-corrected chi connectivity index (χ2v) is 9.11. The Balaban J connectivity index is 1.60. The molecule has 3 unspecified atom stereocenters. The van der Waals surface area contributed by atoms with Gasteiger partial charge in [-0.1, -0.05) is 76.6 Å². The zero-order valence-corrected chi connectivity index (χ0v) is 20.4. The van der Waals surface area contributed by atoms with Gasteiger partial charge in [-0.25, -0.2) is 5.43 Å². The third-order valence-corrected chi connectivity index (χ3v) is 7.06. The number of ether oxygens (including phenoxy) is 2. The quantitative estimate of drug-likeness (QED) is 0.366. The number of methoxy groups -OCH3 is 2. The summed E-state index contributed by atoms with van der Waals surface area (Å²) in [5.41, 5.74) is 7.48. The molecule has 0 bridgehead atoms. The van der Waals surface area contributed by atoms with Crippen molar-refractivity contribution >= 4 is 33.1 Å². The highest BCUT2D eigenvalue weighted by Crippen LogP contribution is 2.41. The number of nitrogens with one attached hydrogen (secondary N) is 1. The first-order valence-electron chi connectivity index (χ1n) is 11.0. The van der Waals surface area contributed by atoms with Crippen LogP contribution < -0.4 is 14.9 Å². The highest BCUT2D eigenvalue weighted by atomic mass is 79.9. The Labute approximate surface area is 207 Å². The van der Waals surface area contributed by atoms with Crippen LogP contribution in [0.4, 0.5) is 0 Å². The van der Waals surface area contributed by atoms with Gasteiger partial charge in [-0.3, -0.25) is 14.8 Å². The first-order valence-corrected chi connectivity index (χ1v) is 11.9. The van der Waals surface area contributed by atoms with Crippen LogP contribution in [0.5, 0.6) is 11.5 Å². The van der Waals surface area contributed by atoms with Crippen molar-refractivity contribution in [1.82, 2.24) is 10.4 Å². The van der Waals surface area contributed by atoms with Crippen LogP contribution in [0.25, 0.3) is 5.70 Å². The Bertz CT molecular complexity index is 1260. The van der Waals surface area contributed by atoms with Crippen molar-refractivity contribution in [2.45, 2.75) is 17.0 Å². The van der Waals surface area contributed by atoms with Crippen molar-refractivity contribution in [3.05, 3.63) is 102 Å². The van der Waals surface area contributed by atoms with Crippen molar-refractivity contribution in [2.75, 3.05) is 14.2 Å². The van der Waals surface area contributed by atoms with Crippen molar-refractivity contribution in [3.63, 3.8) is 0 Å². The summed E-state index contributed by atoms with van der Waals surface area (Å²) in [6, 6.07) is 25.2. The summed E-state index contributed by atoms with van der Waals surface area (Å²) in [5.74, 6) is 1.15. The number of carbonyl (C=O) groups excluding carboxylic acids is 1. The Morgan fingerprint density at radius 2 is 1.62 bits per heavy atom. The average molecular weight is 518 g/mol. The number of halogens is 1. The van der Waals surface area contributed by atoms with E-state index in [1.807, 2.05) is 77.8 Å². The molecule has 3 aromatic carbocycles. The lowest BCUT2D eigenvalue weighted by atomic mass is 10.0. The average Bonchev–Trinajstić information content (AvgIpc) is 3.24. The summed E-state index contributed by atoms with van der Waals surface area (Å²) >= 11 is 3.87. The predicted molar refractivity (Wildman–Crippen MR) is 136 cm³/mol. The van der Waals surface area contributed by atoms with Gasteiger partial charge in [0.25, 0.3) is 0 Å². The summed E-state index contributed by atoms with van der Waals surface area (Å²) in [6.45, 7) is 0. The van der Waals surface area contributed by atoms with Crippen molar-refractivity contribution < 1.29 is 14.3 Å². The van der Waals surface area contributed by atoms with Crippen LogP contribution in [0.3, 0.4) is 0 Å². The maximum Gasteiger partial charge on any atom is 0.211 e. The molecule has 0 saturated carbocycles. The first-order chi connectivity index (χ1) is 16.6. The standard InChI is InChI=1S/C27H24BrN3O3/c1-33-22-14-13-19(15-23(22)34-2)21-16-20(26(32)18-11-7-4-8-12-18)29-27-24(28)25(30-31(21)27)17-9-5-3-6-10-17/h3-16,24-25,27,30H,1-2H3. The number of aliphatic imine (C=N–C) groups is 1. The number of allylic oxidation sites excluding steroid dienone is 1. The molecular weight excluding hydrogens is 494 g/mol. The molecule has 0 radical (unpaired) electrons. The van der Waals surface area contributed by atoms with Crippen LogP contribution in [-0.2, 0) is 0 Å². The molecule has 0 amide bonds. The molecular formula is C27H24BrN3O3. The Kier molecular flexibility index (Phi) is 6.22. The van der Waals surface area contributed by atoms with E-state index in [-0.39, 0.29) is 22.8 Å². The fraction of sp³-hybridized carbons (Fsp3) is 0.185. The molecule has 2 heterocycles. The molecule has 0 spiro atoms. The first kappa shape index (κ1) is 22.4. The van der Waals surface area contributed by atoms with Gasteiger partial charge in [0.2, 0.25) is 5.78 Å². The van der Waals surface area contributed by atoms with E-state index in [1.165, 1.54) is 0 Å². The van der Waals surface area contributed by atoms with Crippen molar-refractivity contribution in [1.29, 1.82) is 0 Å². The van der Waals surface area contributed by atoms with E-state index in [0.717, 1.165) is 16.8 Å². The highest BCUT2D eigenvalue weighted by Gasteiger charge is 2.44. The molecule has 0 aromatic heterocycles. The number of fused-ring (bicyclic) bond motifs is 1. The summed E-state index contributed by atoms with van der Waals surface area (Å²) < 4.78 is 11.0. The van der Waals surface area contributed by atoms with Crippen LogP contribution in [0, 0.1) is 0 Å². The topological polar surface area (TPSA) is 63.2 Å². The minimum Gasteiger partial charge on any atom is -0.493 e. The minimum atomic E-state index is -0.319. The molecule has 0 aliphatic carbocycles. The van der Waals surface area contributed by atoms with Crippen LogP contribution >= 0.6 is 15.9 Å². The van der Waals surface area contributed by atoms with Gasteiger partial charge < -0.3 is 9.47 Å². The molecule has 3 aromatic rings. The van der Waals surface area contributed by atoms with Crippen molar-refractivity contribution in [2.24, 2.45) is 4.99 Å². The van der Waals surface area contributed by atoms with E-state index in [2.05, 4.69) is 33.5 Å². The minimum absolute atomic E-state index is 0.0235. The van der Waals surface area contributed by atoms with Gasteiger partial charge >= 0.3 is 0 Å². The number of carbonyl (C=O) groups is 1. The number of nitrogens with zero attached hydrogens (tertiary/aromatic N) is 2. The zero-order valence-electron chi connectivity index (χ0n) is 18.8. The summed E-state index contributed by atoms with van der Waals surface area (Å²) in [6.07, 6.45) is 1.52. The smallest absolute Gasteiger partial charge is 0.211 e. The third-order valence-electron chi connectivity index (χ3n) is 6.06. The van der Waals surface area contributed by atoms with Gasteiger partial charge in [0.1, 0.15) is 5.71 Å². The molecule has 2 aliphatic heterocycles. The van der Waals surface area contributed by atoms with Gasteiger partial charge in [-0.05, 0) is 29.8 Å². The van der Waals surface area contributed by atoms with E-state index in [9.17, 15) is 4.79 Å². The van der Waals surface area contributed by atoms with E-state index < -0.39 is 0 Å². The number of rotatable bonds is 6. The lowest BCUT2D eigenvalue weighted by Gasteiger charge is -2.31. The summed E-state index contributed by atoms with van der Waals surface area (Å²) in [5, 5.41) is 2.03. The largest absolute Gasteiger partial charge is 0.493 e. The van der Waals surface area contributed by atoms with E-state index in [1.54, 1.807) is 14.2 Å². The van der Waals surface area contributed by atoms with E-state index in [4.69, 9.17) is 14.5 Å². The predicted octanol–water partition coefficient (Wildman–Crippen LogP) is 5.03. The molecule has 1 N–H and O–H groups in total. The number of hydrazine groups is 1. The number of hydrogen-bond donors (Lipinski definition) is 1. The van der Waals surface area contributed by atoms with Crippen LogP contribution in [0.1, 0.15) is 27.5 Å². The Hall–Kier alpha value is -3.42. The second-order valence-electron chi connectivity index (χ2n) is 8.05. The van der Waals surface area contributed by atoms with Crippen LogP contribution in [0.15, 0.2) is 89.9 Å². The Morgan fingerprint density at radius 1 is 0.941 bits per heavy atom. The fourth-order valence-electron chi connectivity index (χ4n) is 4.33. The number of benzene rings is 3. The van der Waals surface area contributed by atoms with Gasteiger partial charge in [0.15, 0.2) is 17.7 Å². The number of alkyl halides is 1. The molecule has 34 heavy (non-hydrogen) atoms. The molecule has 2 aliphatic rings. The summed E-state index contributed by atoms with van der Waals surface area (Å²) in [4.78, 5) is 18.2. The van der Waals surface area contributed by atoms with Gasteiger partial charge in [-0.2, -0.15) is 0 Å². The SMILES string of the molecule is COc1ccc(C2=CC(C(=O)c3ccccc3)=NC3C(Br)C(c4ccccc4)NN23)cc1OC. The monoisotopic (exact) mass is 517 g/mol. The number of ketones is 1. The molecule has 7 heteroatoms. The highest BCUT2D eigenvalue weighted by molar-refractivity contribution is 9.09. The van der Waals surface area contributed by atoms with E-state index >= 15 is 0 Å². The van der Waals surface area contributed by atoms with E-state index in [0.29, 0.717) is 22.8 Å². The number of Topliss-reactive ketones (excluding diaryl/α,β-unsaturated/α-hetero) is 1. The van der Waals surface area contributed by atoms with Crippen LogP contribution in [-0.4, -0.2) is 41.7 Å². The normalized spacial score (nSPS) is 21.4. The number of hydrogen-bond acceptors (Lipinski definition) is 6. The lowest BCUT2D eigenvalue weighted by Crippen LogP contribution is -2.40. The molecule has 172 valence electrons. The Morgan fingerprint density at radius 3 is 2.29 bits per heavy atom. The molecule has 5 rings (SSSR count).